The Kier molecular flexibility index (Phi) is 3.84. The van der Waals surface area contributed by atoms with Crippen molar-refractivity contribution in [3.05, 3.63) is 30.3 Å². The standard InChI is InChI=1S/C9H14NO3P/c1-8(7-10)13-14(11,12)9-5-3-2-4-6-9/h2-6,8H,7,10H2,1H3,(H,11,12). The maximum Gasteiger partial charge on any atom is 0.359 e. The third-order valence-corrected chi connectivity index (χ3v) is 3.33. The third kappa shape index (κ3) is 2.93. The molecular weight excluding hydrogens is 201 g/mol. The van der Waals surface area contributed by atoms with Gasteiger partial charge in [0.15, 0.2) is 0 Å². The molecule has 5 heteroatoms. The number of benzene rings is 1. The predicted molar refractivity (Wildman–Crippen MR) is 55.5 cm³/mol. The molecular formula is C9H14NO3P. The molecule has 2 unspecified atom stereocenters. The lowest BCUT2D eigenvalue weighted by molar-refractivity contribution is 0.202. The van der Waals surface area contributed by atoms with Crippen molar-refractivity contribution in [3.8, 4) is 0 Å². The molecule has 1 aromatic carbocycles. The zero-order chi connectivity index (χ0) is 10.6. The lowest BCUT2D eigenvalue weighted by atomic mass is 10.4. The van der Waals surface area contributed by atoms with E-state index in [0.717, 1.165) is 0 Å². The minimum Gasteiger partial charge on any atom is -0.328 e. The number of hydrogen-bond donors (Lipinski definition) is 2. The first-order chi connectivity index (χ1) is 6.56. The molecule has 1 rings (SSSR count). The fraction of sp³-hybridized carbons (Fsp3) is 0.333. The van der Waals surface area contributed by atoms with Crippen LogP contribution in [0.4, 0.5) is 0 Å². The zero-order valence-corrected chi connectivity index (χ0v) is 8.85. The van der Waals surface area contributed by atoms with Crippen molar-refractivity contribution in [1.82, 2.24) is 0 Å². The molecule has 4 nitrogen and oxygen atoms in total. The molecule has 0 saturated carbocycles. The smallest absolute Gasteiger partial charge is 0.328 e. The van der Waals surface area contributed by atoms with Crippen LogP contribution in [0, 0.1) is 0 Å². The predicted octanol–water partition coefficient (Wildman–Crippen LogP) is 0.861. The first-order valence-electron chi connectivity index (χ1n) is 4.33. The van der Waals surface area contributed by atoms with Gasteiger partial charge in [0.05, 0.1) is 11.4 Å². The van der Waals surface area contributed by atoms with Crippen molar-refractivity contribution in [1.29, 1.82) is 0 Å². The fourth-order valence-electron chi connectivity index (χ4n) is 0.964. The van der Waals surface area contributed by atoms with Gasteiger partial charge in [-0.2, -0.15) is 0 Å². The van der Waals surface area contributed by atoms with Crippen LogP contribution in [-0.2, 0) is 9.09 Å². The van der Waals surface area contributed by atoms with E-state index in [1.807, 2.05) is 0 Å². The van der Waals surface area contributed by atoms with E-state index in [-0.39, 0.29) is 6.54 Å². The van der Waals surface area contributed by atoms with E-state index in [1.54, 1.807) is 37.3 Å². The minimum absolute atomic E-state index is 0.220. The van der Waals surface area contributed by atoms with Gasteiger partial charge in [-0.15, -0.1) is 0 Å². The molecule has 0 saturated heterocycles. The van der Waals surface area contributed by atoms with Crippen LogP contribution >= 0.6 is 7.60 Å². The summed E-state index contributed by atoms with van der Waals surface area (Å²) in [6.45, 7) is 1.88. The molecule has 0 heterocycles. The van der Waals surface area contributed by atoms with Gasteiger partial charge in [0.2, 0.25) is 0 Å². The van der Waals surface area contributed by atoms with Crippen molar-refractivity contribution in [2.75, 3.05) is 6.54 Å². The topological polar surface area (TPSA) is 72.5 Å². The Labute approximate surface area is 83.2 Å². The number of nitrogens with two attached hydrogens (primary N) is 1. The van der Waals surface area contributed by atoms with E-state index in [0.29, 0.717) is 5.30 Å². The van der Waals surface area contributed by atoms with Crippen molar-refractivity contribution in [2.24, 2.45) is 5.73 Å². The Bertz CT molecular complexity index is 328. The fourth-order valence-corrected chi connectivity index (χ4v) is 2.21. The summed E-state index contributed by atoms with van der Waals surface area (Å²) in [5.74, 6) is 0. The van der Waals surface area contributed by atoms with Crippen LogP contribution in [0.5, 0.6) is 0 Å². The van der Waals surface area contributed by atoms with Crippen molar-refractivity contribution in [2.45, 2.75) is 13.0 Å². The van der Waals surface area contributed by atoms with Crippen molar-refractivity contribution >= 4 is 12.9 Å². The Hall–Kier alpha value is -0.670. The van der Waals surface area contributed by atoms with E-state index in [9.17, 15) is 9.46 Å². The minimum atomic E-state index is -3.70. The number of rotatable bonds is 4. The lowest BCUT2D eigenvalue weighted by Crippen LogP contribution is -2.21. The third-order valence-electron chi connectivity index (χ3n) is 1.74. The summed E-state index contributed by atoms with van der Waals surface area (Å²) in [6, 6.07) is 8.27. The van der Waals surface area contributed by atoms with Crippen LogP contribution in [-0.4, -0.2) is 17.5 Å². The van der Waals surface area contributed by atoms with E-state index in [2.05, 4.69) is 0 Å². The monoisotopic (exact) mass is 215 g/mol. The molecule has 1 aromatic rings. The highest BCUT2D eigenvalue weighted by Crippen LogP contribution is 2.41. The quantitative estimate of drug-likeness (QED) is 0.730. The molecule has 0 aliphatic heterocycles. The maximum atomic E-state index is 11.7. The van der Waals surface area contributed by atoms with Gasteiger partial charge >= 0.3 is 7.60 Å². The Morgan fingerprint density at radius 1 is 1.50 bits per heavy atom. The van der Waals surface area contributed by atoms with Gasteiger partial charge < -0.3 is 15.2 Å². The summed E-state index contributed by atoms with van der Waals surface area (Å²) in [7, 11) is -3.70. The molecule has 2 atom stereocenters. The summed E-state index contributed by atoms with van der Waals surface area (Å²) in [6.07, 6.45) is -0.425. The van der Waals surface area contributed by atoms with Crippen LogP contribution < -0.4 is 11.0 Å². The first kappa shape index (κ1) is 11.4. The molecule has 0 amide bonds. The van der Waals surface area contributed by atoms with Crippen molar-refractivity contribution in [3.63, 3.8) is 0 Å². The van der Waals surface area contributed by atoms with Crippen LogP contribution in [0.3, 0.4) is 0 Å². The van der Waals surface area contributed by atoms with Gasteiger partial charge in [-0.3, -0.25) is 4.57 Å². The van der Waals surface area contributed by atoms with Gasteiger partial charge in [0, 0.05) is 6.54 Å². The zero-order valence-electron chi connectivity index (χ0n) is 7.96. The van der Waals surface area contributed by atoms with Crippen LogP contribution in [0.15, 0.2) is 30.3 Å². The SMILES string of the molecule is CC(CN)OP(=O)(O)c1ccccc1. The highest BCUT2D eigenvalue weighted by molar-refractivity contribution is 7.61. The first-order valence-corrected chi connectivity index (χ1v) is 5.91. The largest absolute Gasteiger partial charge is 0.359 e. The molecule has 78 valence electrons. The maximum absolute atomic E-state index is 11.7. The summed E-state index contributed by atoms with van der Waals surface area (Å²) in [4.78, 5) is 9.57. The molecule has 0 radical (unpaired) electrons. The van der Waals surface area contributed by atoms with Crippen molar-refractivity contribution < 1.29 is 14.0 Å². The molecule has 3 N–H and O–H groups in total. The molecule has 0 aliphatic carbocycles. The molecule has 0 aliphatic rings. The summed E-state index contributed by atoms with van der Waals surface area (Å²) in [5, 5.41) is 0.292. The van der Waals surface area contributed by atoms with Crippen LogP contribution in [0.2, 0.25) is 0 Å². The second-order valence-electron chi connectivity index (χ2n) is 3.01. The van der Waals surface area contributed by atoms with E-state index < -0.39 is 13.7 Å². The highest BCUT2D eigenvalue weighted by Gasteiger charge is 2.24. The average Bonchev–Trinajstić information content (AvgIpc) is 2.18. The Morgan fingerprint density at radius 3 is 2.57 bits per heavy atom. The normalized spacial score (nSPS) is 17.4. The Morgan fingerprint density at radius 2 is 2.07 bits per heavy atom. The van der Waals surface area contributed by atoms with E-state index in [1.165, 1.54) is 0 Å². The lowest BCUT2D eigenvalue weighted by Gasteiger charge is -2.16. The molecule has 14 heavy (non-hydrogen) atoms. The molecule has 0 fully saturated rings. The van der Waals surface area contributed by atoms with Gasteiger partial charge in [0.25, 0.3) is 0 Å². The summed E-state index contributed by atoms with van der Waals surface area (Å²) in [5.41, 5.74) is 5.30. The van der Waals surface area contributed by atoms with Gasteiger partial charge in [-0.25, -0.2) is 0 Å². The van der Waals surface area contributed by atoms with Crippen LogP contribution in [0.25, 0.3) is 0 Å². The second kappa shape index (κ2) is 4.71. The van der Waals surface area contributed by atoms with E-state index >= 15 is 0 Å². The van der Waals surface area contributed by atoms with Gasteiger partial charge in [-0.05, 0) is 19.1 Å². The highest BCUT2D eigenvalue weighted by atomic mass is 31.2. The molecule has 0 bridgehead atoms. The Balaban J connectivity index is 2.81. The van der Waals surface area contributed by atoms with Crippen LogP contribution in [0.1, 0.15) is 6.92 Å². The van der Waals surface area contributed by atoms with E-state index in [4.69, 9.17) is 10.3 Å². The average molecular weight is 215 g/mol. The second-order valence-corrected chi connectivity index (χ2v) is 4.78. The van der Waals surface area contributed by atoms with Gasteiger partial charge in [0.1, 0.15) is 0 Å². The number of hydrogen-bond acceptors (Lipinski definition) is 3. The summed E-state index contributed by atoms with van der Waals surface area (Å²) >= 11 is 0. The van der Waals surface area contributed by atoms with Gasteiger partial charge in [-0.1, -0.05) is 18.2 Å². The molecule has 0 spiro atoms. The molecule has 0 aromatic heterocycles. The summed E-state index contributed by atoms with van der Waals surface area (Å²) < 4.78 is 16.6.